The van der Waals surface area contributed by atoms with Crippen LogP contribution in [0.3, 0.4) is 0 Å². The number of alkyl halides is 1. The Bertz CT molecular complexity index is 1510. The first-order valence-electron chi connectivity index (χ1n) is 16.6. The lowest BCUT2D eigenvalue weighted by Crippen LogP contribution is -2.59. The highest BCUT2D eigenvalue weighted by molar-refractivity contribution is 9.09. The first-order valence-corrected chi connectivity index (χ1v) is 18.4. The fourth-order valence-corrected chi connectivity index (χ4v) is 11.3. The number of hydrogen-bond acceptors (Lipinski definition) is 7. The van der Waals surface area contributed by atoms with Crippen molar-refractivity contribution in [1.29, 1.82) is 0 Å². The van der Waals surface area contributed by atoms with Crippen molar-refractivity contribution in [2.24, 2.45) is 17.8 Å². The van der Waals surface area contributed by atoms with Gasteiger partial charge < -0.3 is 29.3 Å². The van der Waals surface area contributed by atoms with E-state index in [1.807, 2.05) is 57.2 Å². The van der Waals surface area contributed by atoms with Crippen LogP contribution in [0.2, 0.25) is 0 Å². The third kappa shape index (κ3) is 6.18. The Balaban J connectivity index is 1.61. The summed E-state index contributed by atoms with van der Waals surface area (Å²) in [6.45, 7) is 14.4. The Labute approximate surface area is 296 Å². The second-order valence-electron chi connectivity index (χ2n) is 12.6. The number of likely N-dealkylation sites (tertiary alicyclic amines) is 1. The van der Waals surface area contributed by atoms with E-state index in [-0.39, 0.29) is 53.4 Å². The van der Waals surface area contributed by atoms with Crippen LogP contribution in [0.25, 0.3) is 0 Å². The van der Waals surface area contributed by atoms with Crippen LogP contribution in [-0.4, -0.2) is 88.0 Å². The van der Waals surface area contributed by atoms with Gasteiger partial charge in [0, 0.05) is 34.5 Å². The summed E-state index contributed by atoms with van der Waals surface area (Å²) in [5.74, 6) is -0.872. The highest BCUT2D eigenvalue weighted by atomic mass is 79.9. The number of aliphatic hydroxyl groups excluding tert-OH is 1. The molecule has 5 rings (SSSR count). The second kappa shape index (κ2) is 15.1. The van der Waals surface area contributed by atoms with E-state index in [0.29, 0.717) is 42.3 Å². The number of carbonyl (C=O) groups is 3. The van der Waals surface area contributed by atoms with E-state index in [1.165, 1.54) is 0 Å². The Kier molecular flexibility index (Phi) is 11.3. The minimum atomic E-state index is -0.908. The normalized spacial score (nSPS) is 26.8. The fourth-order valence-electron chi connectivity index (χ4n) is 7.68. The molecule has 3 aliphatic rings. The van der Waals surface area contributed by atoms with Gasteiger partial charge in [-0.05, 0) is 67.8 Å². The van der Waals surface area contributed by atoms with Crippen LogP contribution < -0.4 is 19.3 Å². The number of benzene rings is 2. The number of carbonyl (C=O) groups excluding carboxylic acids is 3. The van der Waals surface area contributed by atoms with E-state index in [0.717, 1.165) is 0 Å². The maximum absolute atomic E-state index is 15.1. The van der Waals surface area contributed by atoms with Crippen molar-refractivity contribution in [3.05, 3.63) is 73.8 Å². The quantitative estimate of drug-likeness (QED) is 0.185. The van der Waals surface area contributed by atoms with Gasteiger partial charge in [-0.2, -0.15) is 0 Å². The number of ether oxygens (including phenoxy) is 2. The summed E-state index contributed by atoms with van der Waals surface area (Å²) >= 11 is 5.47. The summed E-state index contributed by atoms with van der Waals surface area (Å²) in [7, 11) is 1.58. The van der Waals surface area contributed by atoms with E-state index in [1.54, 1.807) is 57.9 Å². The molecule has 0 radical (unpaired) electrons. The Morgan fingerprint density at radius 3 is 2.10 bits per heavy atom. The molecule has 0 saturated carbocycles. The average molecular weight is 741 g/mol. The van der Waals surface area contributed by atoms with Crippen LogP contribution in [0.4, 0.5) is 11.4 Å². The molecule has 258 valence electrons. The highest BCUT2D eigenvalue weighted by Crippen LogP contribution is 2.68. The van der Waals surface area contributed by atoms with Gasteiger partial charge in [0.2, 0.25) is 11.8 Å². The van der Waals surface area contributed by atoms with Crippen molar-refractivity contribution in [2.75, 3.05) is 43.2 Å². The van der Waals surface area contributed by atoms with Gasteiger partial charge in [-0.25, -0.2) is 0 Å². The SMILES string of the molecule is C=CCN(C(=O)C1N([C@@H](CO)[C@@H](C)CC)C(=O)[C@@H]2[C@@H](C(=O)N(CC=C)c3ccc(OCC)cc3)[C@@H]3SC12CC3Br)c1ccc(OC)cc1. The zero-order valence-corrected chi connectivity index (χ0v) is 30.5. The summed E-state index contributed by atoms with van der Waals surface area (Å²) in [6, 6.07) is 13.1. The van der Waals surface area contributed by atoms with Gasteiger partial charge in [-0.15, -0.1) is 24.9 Å². The number of halogens is 1. The molecule has 9 nitrogen and oxygen atoms in total. The van der Waals surface area contributed by atoms with E-state index < -0.39 is 28.7 Å². The molecule has 2 aromatic carbocycles. The lowest BCUT2D eigenvalue weighted by atomic mass is 9.70. The van der Waals surface area contributed by atoms with Crippen LogP contribution in [0.15, 0.2) is 73.8 Å². The van der Waals surface area contributed by atoms with Crippen LogP contribution in [-0.2, 0) is 14.4 Å². The molecule has 1 N–H and O–H groups in total. The lowest BCUT2D eigenvalue weighted by molar-refractivity contribution is -0.143. The van der Waals surface area contributed by atoms with E-state index in [2.05, 4.69) is 29.1 Å². The molecule has 3 unspecified atom stereocenters. The maximum atomic E-state index is 15.1. The number of rotatable bonds is 15. The van der Waals surface area contributed by atoms with Gasteiger partial charge in [0.1, 0.15) is 17.5 Å². The number of amides is 3. The zero-order valence-electron chi connectivity index (χ0n) is 28.1. The van der Waals surface area contributed by atoms with Crippen molar-refractivity contribution in [1.82, 2.24) is 4.90 Å². The highest BCUT2D eigenvalue weighted by Gasteiger charge is 2.76. The summed E-state index contributed by atoms with van der Waals surface area (Å²) in [6.07, 6.45) is 4.58. The predicted octanol–water partition coefficient (Wildman–Crippen LogP) is 5.70. The van der Waals surface area contributed by atoms with Crippen LogP contribution >= 0.6 is 27.7 Å². The predicted molar refractivity (Wildman–Crippen MR) is 195 cm³/mol. The van der Waals surface area contributed by atoms with Gasteiger partial charge in [0.05, 0.1) is 42.9 Å². The van der Waals surface area contributed by atoms with E-state index in [9.17, 15) is 14.7 Å². The van der Waals surface area contributed by atoms with Crippen LogP contribution in [0.1, 0.15) is 33.6 Å². The Morgan fingerprint density at radius 2 is 1.60 bits per heavy atom. The molecule has 3 fully saturated rings. The van der Waals surface area contributed by atoms with Crippen molar-refractivity contribution in [3.63, 3.8) is 0 Å². The fraction of sp³-hybridized carbons (Fsp3) is 0.486. The number of aliphatic hydroxyl groups is 1. The molecule has 2 bridgehead atoms. The van der Waals surface area contributed by atoms with E-state index in [4.69, 9.17) is 9.47 Å². The molecule has 3 amide bonds. The molecule has 0 aliphatic carbocycles. The van der Waals surface area contributed by atoms with Gasteiger partial charge in [-0.1, -0.05) is 48.4 Å². The summed E-state index contributed by atoms with van der Waals surface area (Å²) in [4.78, 5) is 49.6. The molecular formula is C37H46BrN3O6S. The smallest absolute Gasteiger partial charge is 0.251 e. The average Bonchev–Trinajstić information content (AvgIpc) is 3.69. The molecule has 3 aliphatic heterocycles. The Hall–Kier alpha value is -3.28. The number of nitrogens with zero attached hydrogens (tertiary/aromatic N) is 3. The van der Waals surface area contributed by atoms with Crippen LogP contribution in [0.5, 0.6) is 11.5 Å². The summed E-state index contributed by atoms with van der Waals surface area (Å²) < 4.78 is 10.1. The third-order valence-corrected chi connectivity index (χ3v) is 13.3. The number of hydrogen-bond donors (Lipinski definition) is 1. The molecule has 0 aromatic heterocycles. The van der Waals surface area contributed by atoms with E-state index >= 15 is 4.79 Å². The number of thioether (sulfide) groups is 1. The summed E-state index contributed by atoms with van der Waals surface area (Å²) in [5.41, 5.74) is 1.32. The molecular weight excluding hydrogens is 694 g/mol. The topological polar surface area (TPSA) is 99.6 Å². The van der Waals surface area contributed by atoms with Gasteiger partial charge in [0.25, 0.3) is 5.91 Å². The Morgan fingerprint density at radius 1 is 1.04 bits per heavy atom. The molecule has 2 aromatic rings. The minimum absolute atomic E-state index is 0.0874. The molecule has 1 spiro atoms. The molecule has 8 atom stereocenters. The molecule has 3 heterocycles. The largest absolute Gasteiger partial charge is 0.497 e. The number of fused-ring (bicyclic) bond motifs is 1. The van der Waals surface area contributed by atoms with Gasteiger partial charge >= 0.3 is 0 Å². The minimum Gasteiger partial charge on any atom is -0.497 e. The monoisotopic (exact) mass is 739 g/mol. The third-order valence-electron chi connectivity index (χ3n) is 10.1. The standard InChI is InChI=1S/C37H46BrN3O6S/c1-7-19-39(24-13-17-27(18-14-24)47-10-4)34(43)30-31-35(44)41(29(22-42)23(5)9-3)33(37(31)21-28(38)32(30)48-37)36(45)40(20-8-2)25-11-15-26(46-6)16-12-25/h7-8,11-18,23,28-33,42H,1-2,9-10,19-22H2,3-6H3/t23-,28?,29-,30+,31-,32+,33?,37?/m0/s1. The van der Waals surface area contributed by atoms with Crippen molar-refractivity contribution in [2.45, 2.75) is 60.5 Å². The van der Waals surface area contributed by atoms with Crippen molar-refractivity contribution >= 4 is 56.8 Å². The molecule has 11 heteroatoms. The molecule has 3 saturated heterocycles. The first-order chi connectivity index (χ1) is 23.1. The second-order valence-corrected chi connectivity index (χ2v) is 15.4. The first kappa shape index (κ1) is 36.0. The van der Waals surface area contributed by atoms with Gasteiger partial charge in [-0.3, -0.25) is 14.4 Å². The molecule has 48 heavy (non-hydrogen) atoms. The van der Waals surface area contributed by atoms with Crippen LogP contribution in [0, 0.1) is 17.8 Å². The summed E-state index contributed by atoms with van der Waals surface area (Å²) in [5, 5.41) is 10.6. The number of anilines is 2. The lowest BCUT2D eigenvalue weighted by Gasteiger charge is -2.41. The maximum Gasteiger partial charge on any atom is 0.251 e. The van der Waals surface area contributed by atoms with Crippen molar-refractivity contribution in [3.8, 4) is 11.5 Å². The number of methoxy groups -OCH3 is 1. The van der Waals surface area contributed by atoms with Crippen molar-refractivity contribution < 1.29 is 29.0 Å². The zero-order chi connectivity index (χ0) is 34.7. The van der Waals surface area contributed by atoms with Gasteiger partial charge in [0.15, 0.2) is 0 Å².